The Morgan fingerprint density at radius 1 is 1.14 bits per heavy atom. The normalized spacial score (nSPS) is 18.1. The molecule has 196 valence electrons. The maximum Gasteiger partial charge on any atom is 0.416 e. The van der Waals surface area contributed by atoms with Crippen LogP contribution in [0, 0.1) is 21.3 Å². The van der Waals surface area contributed by atoms with Gasteiger partial charge in [0, 0.05) is 37.3 Å². The summed E-state index contributed by atoms with van der Waals surface area (Å²) in [5, 5.41) is 11.8. The van der Waals surface area contributed by atoms with E-state index >= 15 is 0 Å². The number of non-ortho nitro benzene ring substituents is 1. The Morgan fingerprint density at radius 2 is 1.84 bits per heavy atom. The molecule has 13 heteroatoms. The number of nitrogens with zero attached hydrogens (tertiary/aromatic N) is 4. The fourth-order valence-electron chi connectivity index (χ4n) is 5.21. The number of piperidine rings is 1. The van der Waals surface area contributed by atoms with E-state index in [9.17, 15) is 32.5 Å². The first-order valence-corrected chi connectivity index (χ1v) is 12.8. The molecule has 2 aliphatic heterocycles. The average Bonchev–Trinajstić information content (AvgIpc) is 3.21. The Morgan fingerprint density at radius 3 is 2.49 bits per heavy atom. The summed E-state index contributed by atoms with van der Waals surface area (Å²) in [6, 6.07) is 5.48. The van der Waals surface area contributed by atoms with Gasteiger partial charge in [0.1, 0.15) is 10.5 Å². The summed E-state index contributed by atoms with van der Waals surface area (Å²) < 4.78 is 52.9. The molecule has 2 aromatic carbocycles. The zero-order valence-corrected chi connectivity index (χ0v) is 20.9. The van der Waals surface area contributed by atoms with Gasteiger partial charge < -0.3 is 4.90 Å². The van der Waals surface area contributed by atoms with E-state index in [-0.39, 0.29) is 21.1 Å². The van der Waals surface area contributed by atoms with Crippen LogP contribution < -0.4 is 10.5 Å². The summed E-state index contributed by atoms with van der Waals surface area (Å²) in [5.74, 6) is -0.380. The SMILES string of the molecule is O=c1nc(N2CCC3(CCN(Cc4ccc(F)cc4Cl)C3)CC2)sc2c([N+](=O)[O-])cc(C(F)(F)F)cc12. The van der Waals surface area contributed by atoms with Gasteiger partial charge in [-0.1, -0.05) is 29.0 Å². The maximum atomic E-state index is 13.4. The first kappa shape index (κ1) is 25.8. The third kappa shape index (κ3) is 5.14. The van der Waals surface area contributed by atoms with Gasteiger partial charge in [0.15, 0.2) is 5.13 Å². The van der Waals surface area contributed by atoms with Gasteiger partial charge in [-0.25, -0.2) is 4.39 Å². The van der Waals surface area contributed by atoms with E-state index in [2.05, 4.69) is 9.88 Å². The van der Waals surface area contributed by atoms with Crippen LogP contribution in [0.25, 0.3) is 10.1 Å². The van der Waals surface area contributed by atoms with Gasteiger partial charge in [-0.15, -0.1) is 0 Å². The number of hydrogen-bond acceptors (Lipinski definition) is 7. The predicted molar refractivity (Wildman–Crippen MR) is 133 cm³/mol. The number of hydrogen-bond donors (Lipinski definition) is 0. The van der Waals surface area contributed by atoms with Crippen molar-refractivity contribution in [2.75, 3.05) is 31.1 Å². The summed E-state index contributed by atoms with van der Waals surface area (Å²) in [7, 11) is 0. The molecular formula is C24H21ClF4N4O3S. The molecule has 0 radical (unpaired) electrons. The number of likely N-dealkylation sites (tertiary alicyclic amines) is 1. The smallest absolute Gasteiger partial charge is 0.348 e. The molecule has 0 saturated carbocycles. The van der Waals surface area contributed by atoms with E-state index in [1.807, 2.05) is 4.90 Å². The summed E-state index contributed by atoms with van der Waals surface area (Å²) in [6.07, 6.45) is -2.26. The van der Waals surface area contributed by atoms with Crippen molar-refractivity contribution in [3.63, 3.8) is 0 Å². The molecule has 7 nitrogen and oxygen atoms in total. The van der Waals surface area contributed by atoms with Crippen molar-refractivity contribution < 1.29 is 22.5 Å². The highest BCUT2D eigenvalue weighted by Gasteiger charge is 2.41. The highest BCUT2D eigenvalue weighted by Crippen LogP contribution is 2.43. The monoisotopic (exact) mass is 556 g/mol. The Balaban J connectivity index is 1.33. The standard InChI is InChI=1S/C24H21ClF4N4O3S/c25-18-11-16(26)2-1-14(18)12-31-6-3-23(13-31)4-7-32(8-5-23)22-30-21(34)17-9-15(24(27,28)29)10-19(33(35)36)20(17)37-22/h1-2,9-11H,3-8,12-13H2. The van der Waals surface area contributed by atoms with Crippen molar-refractivity contribution >= 4 is 43.8 Å². The Kier molecular flexibility index (Phi) is 6.61. The minimum atomic E-state index is -4.83. The lowest BCUT2D eigenvalue weighted by Gasteiger charge is -2.39. The van der Waals surface area contributed by atoms with Crippen molar-refractivity contribution in [2.45, 2.75) is 32.0 Å². The molecule has 0 bridgehead atoms. The number of aromatic nitrogens is 1. The fraction of sp³-hybridized carbons (Fsp3) is 0.417. The van der Waals surface area contributed by atoms with Crippen LogP contribution >= 0.6 is 22.9 Å². The summed E-state index contributed by atoms with van der Waals surface area (Å²) in [6.45, 7) is 3.44. The first-order valence-electron chi connectivity index (χ1n) is 11.6. The summed E-state index contributed by atoms with van der Waals surface area (Å²) >= 11 is 7.05. The van der Waals surface area contributed by atoms with Crippen LogP contribution in [0.15, 0.2) is 35.1 Å². The first-order chi connectivity index (χ1) is 17.4. The van der Waals surface area contributed by atoms with Crippen LogP contribution in [0.5, 0.6) is 0 Å². The molecule has 0 unspecified atom stereocenters. The Labute approximate surface area is 217 Å². The number of rotatable bonds is 4. The quantitative estimate of drug-likeness (QED) is 0.227. The lowest BCUT2D eigenvalue weighted by atomic mass is 9.78. The van der Waals surface area contributed by atoms with Gasteiger partial charge >= 0.3 is 6.18 Å². The van der Waals surface area contributed by atoms with E-state index in [1.165, 1.54) is 12.1 Å². The van der Waals surface area contributed by atoms with Crippen molar-refractivity contribution in [1.29, 1.82) is 0 Å². The van der Waals surface area contributed by atoms with Crippen molar-refractivity contribution in [2.24, 2.45) is 5.41 Å². The second kappa shape index (κ2) is 9.48. The van der Waals surface area contributed by atoms with E-state index in [0.29, 0.717) is 36.8 Å². The fourth-order valence-corrected chi connectivity index (χ4v) is 6.55. The largest absolute Gasteiger partial charge is 0.416 e. The van der Waals surface area contributed by atoms with Crippen molar-refractivity contribution in [3.8, 4) is 0 Å². The van der Waals surface area contributed by atoms with Crippen LogP contribution in [0.3, 0.4) is 0 Å². The molecule has 0 N–H and O–H groups in total. The molecule has 0 aliphatic carbocycles. The number of nitro groups is 1. The second-order valence-corrected chi connectivity index (χ2v) is 11.0. The molecule has 5 rings (SSSR count). The minimum Gasteiger partial charge on any atom is -0.348 e. The van der Waals surface area contributed by atoms with E-state index in [0.717, 1.165) is 49.3 Å². The van der Waals surface area contributed by atoms with Crippen LogP contribution in [0.4, 0.5) is 28.4 Å². The van der Waals surface area contributed by atoms with Crippen LogP contribution in [0.1, 0.15) is 30.4 Å². The maximum absolute atomic E-state index is 13.4. The third-order valence-corrected chi connectivity index (χ3v) is 8.75. The van der Waals surface area contributed by atoms with Gasteiger partial charge in [-0.3, -0.25) is 19.8 Å². The highest BCUT2D eigenvalue weighted by atomic mass is 35.5. The van der Waals surface area contributed by atoms with E-state index < -0.39 is 33.3 Å². The minimum absolute atomic E-state index is 0.0540. The molecule has 2 aliphatic rings. The molecule has 0 amide bonds. The lowest BCUT2D eigenvalue weighted by Crippen LogP contribution is -2.42. The van der Waals surface area contributed by atoms with Gasteiger partial charge in [0.25, 0.3) is 11.2 Å². The second-order valence-electron chi connectivity index (χ2n) is 9.61. The number of alkyl halides is 3. The molecular weight excluding hydrogens is 536 g/mol. The molecule has 3 aromatic rings. The highest BCUT2D eigenvalue weighted by molar-refractivity contribution is 7.22. The predicted octanol–water partition coefficient (Wildman–Crippen LogP) is 5.87. The molecule has 3 heterocycles. The van der Waals surface area contributed by atoms with Gasteiger partial charge in [-0.2, -0.15) is 18.2 Å². The zero-order valence-electron chi connectivity index (χ0n) is 19.4. The number of nitro benzene ring substituents is 1. The van der Waals surface area contributed by atoms with Gasteiger partial charge in [-0.05, 0) is 55.0 Å². The third-order valence-electron chi connectivity index (χ3n) is 7.24. The lowest BCUT2D eigenvalue weighted by molar-refractivity contribution is -0.383. The van der Waals surface area contributed by atoms with Crippen molar-refractivity contribution in [1.82, 2.24) is 9.88 Å². The van der Waals surface area contributed by atoms with E-state index in [1.54, 1.807) is 6.07 Å². The molecule has 0 atom stereocenters. The van der Waals surface area contributed by atoms with Gasteiger partial charge in [0.2, 0.25) is 0 Å². The Bertz CT molecular complexity index is 1440. The number of fused-ring (bicyclic) bond motifs is 1. The molecule has 2 fully saturated rings. The molecule has 1 spiro atoms. The van der Waals surface area contributed by atoms with Gasteiger partial charge in [0.05, 0.1) is 15.9 Å². The number of benzene rings is 2. The molecule has 1 aromatic heterocycles. The summed E-state index contributed by atoms with van der Waals surface area (Å²) in [5.41, 5.74) is -2.01. The Hall–Kier alpha value is -2.83. The van der Waals surface area contributed by atoms with E-state index in [4.69, 9.17) is 11.6 Å². The number of anilines is 1. The topological polar surface area (TPSA) is 79.6 Å². The summed E-state index contributed by atoms with van der Waals surface area (Å²) in [4.78, 5) is 31.4. The van der Waals surface area contributed by atoms with Crippen molar-refractivity contribution in [3.05, 3.63) is 72.8 Å². The zero-order chi connectivity index (χ0) is 26.5. The molecule has 37 heavy (non-hydrogen) atoms. The van der Waals surface area contributed by atoms with Crippen LogP contribution in [-0.2, 0) is 12.7 Å². The molecule has 2 saturated heterocycles. The number of halogens is 5. The van der Waals surface area contributed by atoms with Crippen LogP contribution in [0.2, 0.25) is 5.02 Å². The van der Waals surface area contributed by atoms with Crippen LogP contribution in [-0.4, -0.2) is 41.0 Å². The average molecular weight is 557 g/mol.